The molecule has 5 nitrogen and oxygen atoms in total. The molecule has 0 saturated carbocycles. The quantitative estimate of drug-likeness (QED) is 0.826. The molecule has 0 spiro atoms. The fraction of sp³-hybridized carbons (Fsp3) is 0.154. The van der Waals surface area contributed by atoms with Gasteiger partial charge in [0, 0.05) is 5.02 Å². The van der Waals surface area contributed by atoms with E-state index < -0.39 is 0 Å². The first-order valence-electron chi connectivity index (χ1n) is 5.64. The molecule has 0 radical (unpaired) electrons. The lowest BCUT2D eigenvalue weighted by molar-refractivity contribution is 0.102. The number of amides is 1. The summed E-state index contributed by atoms with van der Waals surface area (Å²) in [4.78, 5) is 12.2. The Morgan fingerprint density at radius 1 is 1.26 bits per heavy atom. The van der Waals surface area contributed by atoms with Crippen LogP contribution in [0, 0.1) is 13.8 Å². The zero-order valence-corrected chi connectivity index (χ0v) is 11.3. The summed E-state index contributed by atoms with van der Waals surface area (Å²) in [5, 5.41) is 11.1. The number of rotatable bonds is 2. The molecular weight excluding hydrogens is 264 g/mol. The van der Waals surface area contributed by atoms with Gasteiger partial charge < -0.3 is 11.1 Å². The van der Waals surface area contributed by atoms with Crippen molar-refractivity contribution in [2.45, 2.75) is 13.8 Å². The van der Waals surface area contributed by atoms with Gasteiger partial charge in [0.1, 0.15) is 0 Å². The number of nitrogens with two attached hydrogens (primary N) is 1. The molecule has 2 aromatic rings. The molecule has 1 heterocycles. The molecule has 6 heteroatoms. The highest BCUT2D eigenvalue weighted by Crippen LogP contribution is 2.23. The Morgan fingerprint density at radius 3 is 2.68 bits per heavy atom. The van der Waals surface area contributed by atoms with Crippen molar-refractivity contribution in [2.75, 3.05) is 11.1 Å². The third-order valence-corrected chi connectivity index (χ3v) is 2.84. The number of anilines is 2. The number of benzene rings is 1. The number of halogens is 1. The van der Waals surface area contributed by atoms with E-state index in [1.54, 1.807) is 38.1 Å². The fourth-order valence-corrected chi connectivity index (χ4v) is 1.80. The molecule has 0 unspecified atom stereocenters. The van der Waals surface area contributed by atoms with Crippen LogP contribution in [0.3, 0.4) is 0 Å². The monoisotopic (exact) mass is 276 g/mol. The van der Waals surface area contributed by atoms with Crippen molar-refractivity contribution < 1.29 is 4.79 Å². The van der Waals surface area contributed by atoms with Gasteiger partial charge in [0.05, 0.1) is 28.3 Å². The number of nitrogens with one attached hydrogen (secondary N) is 1. The molecule has 0 bridgehead atoms. The highest BCUT2D eigenvalue weighted by molar-refractivity contribution is 6.31. The number of nitrogen functional groups attached to an aromatic ring is 1. The third-order valence-electron chi connectivity index (χ3n) is 2.61. The number of nitrogens with zero attached hydrogens (tertiary/aromatic N) is 2. The molecule has 19 heavy (non-hydrogen) atoms. The molecule has 1 amide bonds. The maximum absolute atomic E-state index is 12.2. The van der Waals surface area contributed by atoms with Crippen LogP contribution in [0.25, 0.3) is 0 Å². The van der Waals surface area contributed by atoms with Crippen molar-refractivity contribution in [1.82, 2.24) is 10.2 Å². The molecule has 0 aliphatic carbocycles. The summed E-state index contributed by atoms with van der Waals surface area (Å²) in [5.74, 6) is -0.274. The van der Waals surface area contributed by atoms with Crippen LogP contribution in [0.5, 0.6) is 0 Å². The minimum Gasteiger partial charge on any atom is -0.397 e. The lowest BCUT2D eigenvalue weighted by atomic mass is 10.1. The summed E-state index contributed by atoms with van der Waals surface area (Å²) < 4.78 is 0. The van der Waals surface area contributed by atoms with Gasteiger partial charge in [-0.3, -0.25) is 4.79 Å². The molecule has 0 aliphatic heterocycles. The van der Waals surface area contributed by atoms with E-state index in [-0.39, 0.29) is 5.91 Å². The zero-order chi connectivity index (χ0) is 14.0. The summed E-state index contributed by atoms with van der Waals surface area (Å²) in [6.45, 7) is 3.51. The van der Waals surface area contributed by atoms with E-state index in [1.165, 1.54) is 0 Å². The largest absolute Gasteiger partial charge is 0.397 e. The first kappa shape index (κ1) is 13.3. The van der Waals surface area contributed by atoms with Crippen LogP contribution in [0.2, 0.25) is 5.02 Å². The highest BCUT2D eigenvalue weighted by Gasteiger charge is 2.12. The van der Waals surface area contributed by atoms with Crippen LogP contribution in [-0.2, 0) is 0 Å². The molecule has 0 aliphatic rings. The van der Waals surface area contributed by atoms with Gasteiger partial charge in [-0.1, -0.05) is 11.6 Å². The van der Waals surface area contributed by atoms with Gasteiger partial charge in [-0.2, -0.15) is 10.2 Å². The molecule has 0 saturated heterocycles. The number of carbonyl (C=O) groups is 1. The third kappa shape index (κ3) is 3.00. The lowest BCUT2D eigenvalue weighted by Crippen LogP contribution is -2.16. The Hall–Kier alpha value is -2.14. The maximum atomic E-state index is 12.2. The Bertz CT molecular complexity index is 643. The average Bonchev–Trinajstić information content (AvgIpc) is 2.35. The van der Waals surface area contributed by atoms with Gasteiger partial charge in [-0.05, 0) is 38.1 Å². The van der Waals surface area contributed by atoms with Crippen molar-refractivity contribution in [3.63, 3.8) is 0 Å². The molecule has 2 rings (SSSR count). The van der Waals surface area contributed by atoms with Gasteiger partial charge in [-0.25, -0.2) is 0 Å². The van der Waals surface area contributed by atoms with Crippen LogP contribution in [-0.4, -0.2) is 16.1 Å². The minimum atomic E-state index is -0.274. The second-order valence-corrected chi connectivity index (χ2v) is 4.61. The normalized spacial score (nSPS) is 10.3. The summed E-state index contributed by atoms with van der Waals surface area (Å²) in [6, 6.07) is 6.59. The summed E-state index contributed by atoms with van der Waals surface area (Å²) in [5.41, 5.74) is 8.44. The zero-order valence-electron chi connectivity index (χ0n) is 10.6. The van der Waals surface area contributed by atoms with E-state index in [1.807, 2.05) is 0 Å². The van der Waals surface area contributed by atoms with Gasteiger partial charge >= 0.3 is 0 Å². The number of aromatic nitrogens is 2. The minimum absolute atomic E-state index is 0.274. The standard InChI is InChI=1S/C13H13ClN4O/c1-7-5-10(8(2)18-17-7)13(19)16-12-4-3-9(14)6-11(12)15/h3-6H,15H2,1-2H3,(H,16,19). The lowest BCUT2D eigenvalue weighted by Gasteiger charge is -2.09. The van der Waals surface area contributed by atoms with Crippen molar-refractivity contribution in [2.24, 2.45) is 0 Å². The number of hydrogen-bond donors (Lipinski definition) is 2. The predicted molar refractivity (Wildman–Crippen MR) is 75.3 cm³/mol. The van der Waals surface area contributed by atoms with Gasteiger partial charge in [-0.15, -0.1) is 0 Å². The predicted octanol–water partition coefficient (Wildman–Crippen LogP) is 2.58. The second-order valence-electron chi connectivity index (χ2n) is 4.17. The van der Waals surface area contributed by atoms with E-state index in [0.29, 0.717) is 33.3 Å². The van der Waals surface area contributed by atoms with Gasteiger partial charge in [0.2, 0.25) is 0 Å². The fourth-order valence-electron chi connectivity index (χ4n) is 1.62. The highest BCUT2D eigenvalue weighted by atomic mass is 35.5. The van der Waals surface area contributed by atoms with Crippen LogP contribution >= 0.6 is 11.6 Å². The Morgan fingerprint density at radius 2 is 2.00 bits per heavy atom. The van der Waals surface area contributed by atoms with Crippen LogP contribution in [0.4, 0.5) is 11.4 Å². The van der Waals surface area contributed by atoms with Crippen LogP contribution in [0.1, 0.15) is 21.7 Å². The summed E-state index contributed by atoms with van der Waals surface area (Å²) >= 11 is 5.81. The molecule has 1 aromatic heterocycles. The van der Waals surface area contributed by atoms with E-state index in [4.69, 9.17) is 17.3 Å². The Kier molecular flexibility index (Phi) is 3.66. The molecule has 1 aromatic carbocycles. The maximum Gasteiger partial charge on any atom is 0.257 e. The summed E-state index contributed by atoms with van der Waals surface area (Å²) in [7, 11) is 0. The second kappa shape index (κ2) is 5.24. The molecule has 0 fully saturated rings. The Labute approximate surface area is 115 Å². The molecule has 98 valence electrons. The molecular formula is C13H13ClN4O. The molecule has 3 N–H and O–H groups in total. The first-order valence-corrected chi connectivity index (χ1v) is 6.02. The van der Waals surface area contributed by atoms with Crippen molar-refractivity contribution in [3.05, 3.63) is 46.2 Å². The van der Waals surface area contributed by atoms with E-state index in [9.17, 15) is 4.79 Å². The van der Waals surface area contributed by atoms with Crippen molar-refractivity contribution >= 4 is 28.9 Å². The van der Waals surface area contributed by atoms with E-state index in [2.05, 4.69) is 15.5 Å². The number of aryl methyl sites for hydroxylation is 2. The number of hydrogen-bond acceptors (Lipinski definition) is 4. The van der Waals surface area contributed by atoms with Gasteiger partial charge in [0.15, 0.2) is 0 Å². The van der Waals surface area contributed by atoms with E-state index >= 15 is 0 Å². The van der Waals surface area contributed by atoms with Gasteiger partial charge in [0.25, 0.3) is 5.91 Å². The van der Waals surface area contributed by atoms with Crippen LogP contribution in [0.15, 0.2) is 24.3 Å². The summed E-state index contributed by atoms with van der Waals surface area (Å²) in [6.07, 6.45) is 0. The first-order chi connectivity index (χ1) is 8.97. The van der Waals surface area contributed by atoms with E-state index in [0.717, 1.165) is 0 Å². The Balaban J connectivity index is 2.28. The molecule has 0 atom stereocenters. The SMILES string of the molecule is Cc1cc(C(=O)Nc2ccc(Cl)cc2N)c(C)nn1. The smallest absolute Gasteiger partial charge is 0.257 e. The number of carbonyl (C=O) groups excluding carboxylic acids is 1. The average molecular weight is 277 g/mol. The van der Waals surface area contributed by atoms with Crippen molar-refractivity contribution in [3.8, 4) is 0 Å². The topological polar surface area (TPSA) is 80.9 Å². The van der Waals surface area contributed by atoms with Crippen molar-refractivity contribution in [1.29, 1.82) is 0 Å². The van der Waals surface area contributed by atoms with Crippen LogP contribution < -0.4 is 11.1 Å².